The van der Waals surface area contributed by atoms with Gasteiger partial charge in [0.25, 0.3) is 0 Å². The topological polar surface area (TPSA) is 50.4 Å². The summed E-state index contributed by atoms with van der Waals surface area (Å²) in [4.78, 5) is 3.94. The Morgan fingerprint density at radius 1 is 1.42 bits per heavy atom. The number of amidine groups is 1. The van der Waals surface area contributed by atoms with Crippen LogP contribution in [0.2, 0.25) is 5.02 Å². The van der Waals surface area contributed by atoms with Gasteiger partial charge in [-0.05, 0) is 24.3 Å². The second-order valence-corrected chi connectivity index (χ2v) is 2.66. The molecule has 3 N–H and O–H groups in total. The molecular weight excluding hydrogens is 174 g/mol. The van der Waals surface area contributed by atoms with Gasteiger partial charge in [-0.25, -0.2) is 5.84 Å². The number of nitrogens with zero attached hydrogens (tertiary/aromatic N) is 1. The van der Waals surface area contributed by atoms with E-state index in [4.69, 9.17) is 17.4 Å². The van der Waals surface area contributed by atoms with E-state index in [1.54, 1.807) is 19.2 Å². The van der Waals surface area contributed by atoms with Crippen LogP contribution in [0.5, 0.6) is 0 Å². The van der Waals surface area contributed by atoms with Crippen LogP contribution in [0.3, 0.4) is 0 Å². The Labute approximate surface area is 76.2 Å². The molecule has 0 bridgehead atoms. The first-order valence-electron chi connectivity index (χ1n) is 3.47. The molecule has 0 aromatic heterocycles. The highest BCUT2D eigenvalue weighted by Gasteiger charge is 1.98. The fourth-order valence-corrected chi connectivity index (χ4v) is 1.01. The van der Waals surface area contributed by atoms with Gasteiger partial charge in [0.2, 0.25) is 0 Å². The SMILES string of the molecule is CN=C(NN)c1ccc(Cl)cc1. The van der Waals surface area contributed by atoms with Gasteiger partial charge < -0.3 is 5.43 Å². The lowest BCUT2D eigenvalue weighted by Gasteiger charge is -2.03. The molecule has 0 aliphatic carbocycles. The fraction of sp³-hybridized carbons (Fsp3) is 0.125. The van der Waals surface area contributed by atoms with Crippen LogP contribution in [0.25, 0.3) is 0 Å². The molecule has 0 atom stereocenters. The van der Waals surface area contributed by atoms with Gasteiger partial charge >= 0.3 is 0 Å². The third kappa shape index (κ3) is 1.96. The molecule has 12 heavy (non-hydrogen) atoms. The molecule has 0 fully saturated rings. The Hall–Kier alpha value is -1.06. The lowest BCUT2D eigenvalue weighted by molar-refractivity contribution is 1.02. The van der Waals surface area contributed by atoms with Crippen LogP contribution < -0.4 is 11.3 Å². The molecule has 0 aliphatic heterocycles. The average molecular weight is 184 g/mol. The van der Waals surface area contributed by atoms with Crippen LogP contribution in [-0.2, 0) is 0 Å². The van der Waals surface area contributed by atoms with E-state index in [1.807, 2.05) is 12.1 Å². The molecule has 4 heteroatoms. The molecule has 1 aromatic rings. The van der Waals surface area contributed by atoms with Crippen LogP contribution in [-0.4, -0.2) is 12.9 Å². The van der Waals surface area contributed by atoms with Crippen molar-refractivity contribution >= 4 is 17.4 Å². The number of hydrogen-bond acceptors (Lipinski definition) is 2. The molecule has 1 rings (SSSR count). The maximum atomic E-state index is 5.71. The normalized spacial score (nSPS) is 11.4. The van der Waals surface area contributed by atoms with Crippen molar-refractivity contribution in [3.8, 4) is 0 Å². The van der Waals surface area contributed by atoms with Crippen molar-refractivity contribution in [2.24, 2.45) is 10.8 Å². The number of nitrogens with two attached hydrogens (primary N) is 1. The molecule has 0 radical (unpaired) electrons. The van der Waals surface area contributed by atoms with Crippen LogP contribution in [0.15, 0.2) is 29.3 Å². The molecule has 64 valence electrons. The van der Waals surface area contributed by atoms with Crippen LogP contribution >= 0.6 is 11.6 Å². The molecule has 0 heterocycles. The highest BCUT2D eigenvalue weighted by Crippen LogP contribution is 2.09. The van der Waals surface area contributed by atoms with Gasteiger partial charge in [-0.2, -0.15) is 0 Å². The molecule has 0 saturated heterocycles. The minimum Gasteiger partial charge on any atom is -0.308 e. The number of rotatable bonds is 1. The molecule has 0 aliphatic rings. The zero-order valence-corrected chi connectivity index (χ0v) is 7.47. The van der Waals surface area contributed by atoms with E-state index in [0.717, 1.165) is 5.56 Å². The summed E-state index contributed by atoms with van der Waals surface area (Å²) in [6.45, 7) is 0. The Bertz CT molecular complexity index is 279. The van der Waals surface area contributed by atoms with Gasteiger partial charge in [-0.3, -0.25) is 4.99 Å². The summed E-state index contributed by atoms with van der Waals surface area (Å²) < 4.78 is 0. The molecule has 3 nitrogen and oxygen atoms in total. The smallest absolute Gasteiger partial charge is 0.142 e. The summed E-state index contributed by atoms with van der Waals surface area (Å²) >= 11 is 5.71. The van der Waals surface area contributed by atoms with Crippen molar-refractivity contribution < 1.29 is 0 Å². The Morgan fingerprint density at radius 3 is 2.42 bits per heavy atom. The van der Waals surface area contributed by atoms with Crippen molar-refractivity contribution in [3.63, 3.8) is 0 Å². The fourth-order valence-electron chi connectivity index (χ4n) is 0.885. The Morgan fingerprint density at radius 2 is 2.00 bits per heavy atom. The number of benzene rings is 1. The largest absolute Gasteiger partial charge is 0.308 e. The summed E-state index contributed by atoms with van der Waals surface area (Å²) in [5, 5.41) is 0.700. The number of halogens is 1. The summed E-state index contributed by atoms with van der Waals surface area (Å²) in [5.41, 5.74) is 3.42. The van der Waals surface area contributed by atoms with Crippen molar-refractivity contribution in [3.05, 3.63) is 34.9 Å². The van der Waals surface area contributed by atoms with E-state index in [0.29, 0.717) is 10.9 Å². The second-order valence-electron chi connectivity index (χ2n) is 2.22. The number of hydrazine groups is 1. The zero-order chi connectivity index (χ0) is 8.97. The summed E-state index contributed by atoms with van der Waals surface area (Å²) in [6, 6.07) is 7.29. The standard InChI is InChI=1S/C8H10ClN3/c1-11-8(12-10)6-2-4-7(9)5-3-6/h2-5H,10H2,1H3,(H,11,12). The highest BCUT2D eigenvalue weighted by atomic mass is 35.5. The summed E-state index contributed by atoms with van der Waals surface area (Å²) in [7, 11) is 1.67. The Kier molecular flexibility index (Phi) is 3.08. The van der Waals surface area contributed by atoms with Crippen molar-refractivity contribution in [2.45, 2.75) is 0 Å². The quantitative estimate of drug-likeness (QED) is 0.297. The minimum absolute atomic E-state index is 0.645. The third-order valence-electron chi connectivity index (χ3n) is 1.48. The first-order chi connectivity index (χ1) is 5.77. The van der Waals surface area contributed by atoms with Gasteiger partial charge in [0.1, 0.15) is 5.84 Å². The molecule has 0 saturated carbocycles. The zero-order valence-electron chi connectivity index (χ0n) is 6.71. The number of aliphatic imine (C=N–C) groups is 1. The van der Waals surface area contributed by atoms with Crippen molar-refractivity contribution in [1.29, 1.82) is 0 Å². The van der Waals surface area contributed by atoms with E-state index in [9.17, 15) is 0 Å². The van der Waals surface area contributed by atoms with Gasteiger partial charge in [0, 0.05) is 17.6 Å². The molecule has 0 spiro atoms. The van der Waals surface area contributed by atoms with Crippen molar-refractivity contribution in [1.82, 2.24) is 5.43 Å². The monoisotopic (exact) mass is 183 g/mol. The summed E-state index contributed by atoms with van der Waals surface area (Å²) in [6.07, 6.45) is 0. The lowest BCUT2D eigenvalue weighted by Crippen LogP contribution is -2.30. The number of hydrogen-bond donors (Lipinski definition) is 2. The second kappa shape index (κ2) is 4.09. The van der Waals surface area contributed by atoms with Gasteiger partial charge in [0.15, 0.2) is 0 Å². The van der Waals surface area contributed by atoms with Crippen LogP contribution in [0.4, 0.5) is 0 Å². The van der Waals surface area contributed by atoms with E-state index >= 15 is 0 Å². The predicted molar refractivity (Wildman–Crippen MR) is 51.2 cm³/mol. The Balaban J connectivity index is 2.96. The predicted octanol–water partition coefficient (Wildman–Crippen LogP) is 1.18. The lowest BCUT2D eigenvalue weighted by atomic mass is 10.2. The van der Waals surface area contributed by atoms with Gasteiger partial charge in [-0.15, -0.1) is 0 Å². The minimum atomic E-state index is 0.645. The molecule has 0 unspecified atom stereocenters. The van der Waals surface area contributed by atoms with Crippen LogP contribution in [0.1, 0.15) is 5.56 Å². The first kappa shape index (κ1) is 9.03. The van der Waals surface area contributed by atoms with Crippen molar-refractivity contribution in [2.75, 3.05) is 7.05 Å². The maximum Gasteiger partial charge on any atom is 0.142 e. The highest BCUT2D eigenvalue weighted by molar-refractivity contribution is 6.30. The third-order valence-corrected chi connectivity index (χ3v) is 1.73. The van der Waals surface area contributed by atoms with Gasteiger partial charge in [-0.1, -0.05) is 11.6 Å². The number of nitrogens with one attached hydrogen (secondary N) is 1. The molecule has 1 aromatic carbocycles. The van der Waals surface area contributed by atoms with Crippen LogP contribution in [0, 0.1) is 0 Å². The summed E-state index contributed by atoms with van der Waals surface area (Å²) in [5.74, 6) is 5.88. The first-order valence-corrected chi connectivity index (χ1v) is 3.85. The molecule has 0 amide bonds. The van der Waals surface area contributed by atoms with Gasteiger partial charge in [0.05, 0.1) is 0 Å². The van der Waals surface area contributed by atoms with E-state index in [2.05, 4.69) is 10.4 Å². The van der Waals surface area contributed by atoms with E-state index < -0.39 is 0 Å². The maximum absolute atomic E-state index is 5.71. The van der Waals surface area contributed by atoms with E-state index in [1.165, 1.54) is 0 Å². The molecular formula is C8H10ClN3. The average Bonchev–Trinajstić information content (AvgIpc) is 2.10. The van der Waals surface area contributed by atoms with E-state index in [-0.39, 0.29) is 0 Å².